The van der Waals surface area contributed by atoms with Crippen molar-refractivity contribution in [3.63, 3.8) is 0 Å². The summed E-state index contributed by atoms with van der Waals surface area (Å²) in [6.45, 7) is 9.37. The summed E-state index contributed by atoms with van der Waals surface area (Å²) in [6.07, 6.45) is -1.05. The van der Waals surface area contributed by atoms with Crippen LogP contribution in [0.4, 0.5) is 4.79 Å². The van der Waals surface area contributed by atoms with Gasteiger partial charge in [-0.25, -0.2) is 4.79 Å². The minimum atomic E-state index is -0.635. The van der Waals surface area contributed by atoms with E-state index in [0.29, 0.717) is 0 Å². The highest BCUT2D eigenvalue weighted by Gasteiger charge is 2.47. The Balaban J connectivity index is 2.06. The monoisotopic (exact) mass is 349 g/mol. The molecule has 2 aromatic carbocycles. The van der Waals surface area contributed by atoms with Crippen molar-refractivity contribution in [2.24, 2.45) is 5.41 Å². The molecule has 4 nitrogen and oxygen atoms in total. The van der Waals surface area contributed by atoms with Gasteiger partial charge in [0.2, 0.25) is 0 Å². The maximum Gasteiger partial charge on any atom is 0.415 e. The number of allylic oxidation sites excluding steroid dienone is 1. The van der Waals surface area contributed by atoms with Crippen molar-refractivity contribution in [2.75, 3.05) is 0 Å². The molecule has 0 N–H and O–H groups in total. The van der Waals surface area contributed by atoms with Gasteiger partial charge in [-0.3, -0.25) is 9.69 Å². The Labute approximate surface area is 154 Å². The van der Waals surface area contributed by atoms with E-state index >= 15 is 0 Å². The van der Waals surface area contributed by atoms with E-state index in [2.05, 4.69) is 6.58 Å². The number of hydrogen-bond acceptors (Lipinski definition) is 3. The molecule has 1 heterocycles. The van der Waals surface area contributed by atoms with Crippen molar-refractivity contribution >= 4 is 11.9 Å². The second-order valence-electron chi connectivity index (χ2n) is 7.47. The normalized spacial score (nSPS) is 20.0. The minimum Gasteiger partial charge on any atom is -0.438 e. The van der Waals surface area contributed by atoms with Crippen molar-refractivity contribution in [2.45, 2.75) is 32.9 Å². The molecule has 134 valence electrons. The van der Waals surface area contributed by atoms with Crippen LogP contribution in [-0.4, -0.2) is 16.8 Å². The second-order valence-corrected chi connectivity index (χ2v) is 7.47. The third-order valence-corrected chi connectivity index (χ3v) is 4.49. The zero-order chi connectivity index (χ0) is 18.9. The molecule has 0 aliphatic carbocycles. The fourth-order valence-corrected chi connectivity index (χ4v) is 3.17. The summed E-state index contributed by atoms with van der Waals surface area (Å²) in [4.78, 5) is 26.9. The predicted octanol–water partition coefficient (Wildman–Crippen LogP) is 5.05. The summed E-state index contributed by atoms with van der Waals surface area (Å²) in [5, 5.41) is 0. The van der Waals surface area contributed by atoms with Crippen LogP contribution in [0.25, 0.3) is 0 Å². The Kier molecular flexibility index (Phi) is 4.68. The Hall–Kier alpha value is -2.88. The number of nitrogens with zero attached hydrogens (tertiary/aromatic N) is 1. The van der Waals surface area contributed by atoms with E-state index in [1.807, 2.05) is 81.4 Å². The first kappa shape index (κ1) is 17.9. The van der Waals surface area contributed by atoms with Gasteiger partial charge in [0, 0.05) is 5.41 Å². The third kappa shape index (κ3) is 3.27. The van der Waals surface area contributed by atoms with Crippen LogP contribution in [0.3, 0.4) is 0 Å². The van der Waals surface area contributed by atoms with Gasteiger partial charge in [-0.05, 0) is 11.1 Å². The molecule has 1 fully saturated rings. The van der Waals surface area contributed by atoms with Gasteiger partial charge in [0.15, 0.2) is 11.9 Å². The second kappa shape index (κ2) is 6.79. The first-order valence-electron chi connectivity index (χ1n) is 8.64. The summed E-state index contributed by atoms with van der Waals surface area (Å²) >= 11 is 0. The fraction of sp³-hybridized carbons (Fsp3) is 0.273. The van der Waals surface area contributed by atoms with Crippen LogP contribution >= 0.6 is 0 Å². The number of cyclic esters (lactones) is 1. The predicted molar refractivity (Wildman–Crippen MR) is 100 cm³/mol. The number of ketones is 1. The highest BCUT2D eigenvalue weighted by atomic mass is 16.6. The molecular formula is C22H23NO3. The van der Waals surface area contributed by atoms with Crippen molar-refractivity contribution in [3.8, 4) is 0 Å². The molecule has 0 saturated carbocycles. The number of carbonyl (C=O) groups excluding carboxylic acids is 2. The zero-order valence-electron chi connectivity index (χ0n) is 15.3. The Bertz CT molecular complexity index is 821. The Morgan fingerprint density at radius 2 is 1.46 bits per heavy atom. The lowest BCUT2D eigenvalue weighted by atomic mass is 9.87. The molecule has 0 aromatic heterocycles. The molecule has 0 spiro atoms. The molecule has 1 aliphatic rings. The highest BCUT2D eigenvalue weighted by molar-refractivity contribution is 6.01. The van der Waals surface area contributed by atoms with E-state index < -0.39 is 23.7 Å². The first-order valence-corrected chi connectivity index (χ1v) is 8.64. The topological polar surface area (TPSA) is 46.6 Å². The summed E-state index contributed by atoms with van der Waals surface area (Å²) in [5.41, 5.74) is 1.31. The standard InChI is InChI=1S/C22H23NO3/c1-15(20(24)22(2,3)4)23-18(16-11-7-5-8-12-16)19(26-21(23)25)17-13-9-6-10-14-17/h5-14,18-19H,1H2,2-4H3/t18-,19+/m0/s1. The lowest BCUT2D eigenvalue weighted by molar-refractivity contribution is -0.123. The number of rotatable bonds is 4. The fourth-order valence-electron chi connectivity index (χ4n) is 3.17. The zero-order valence-corrected chi connectivity index (χ0v) is 15.3. The number of carbonyl (C=O) groups is 2. The number of hydrogen-bond donors (Lipinski definition) is 0. The van der Waals surface area contributed by atoms with Crippen LogP contribution in [0.15, 0.2) is 72.9 Å². The minimum absolute atomic E-state index is 0.162. The summed E-state index contributed by atoms with van der Waals surface area (Å²) < 4.78 is 5.68. The van der Waals surface area contributed by atoms with E-state index in [4.69, 9.17) is 4.74 Å². The largest absolute Gasteiger partial charge is 0.438 e. The van der Waals surface area contributed by atoms with Crippen LogP contribution in [0.1, 0.15) is 44.0 Å². The van der Waals surface area contributed by atoms with Gasteiger partial charge in [-0.15, -0.1) is 0 Å². The molecular weight excluding hydrogens is 326 g/mol. The average Bonchev–Trinajstić information content (AvgIpc) is 2.98. The maximum atomic E-state index is 12.8. The van der Waals surface area contributed by atoms with E-state index in [1.165, 1.54) is 4.90 Å². The molecule has 0 radical (unpaired) electrons. The van der Waals surface area contributed by atoms with E-state index in [-0.39, 0.29) is 11.5 Å². The van der Waals surface area contributed by atoms with E-state index in [9.17, 15) is 9.59 Å². The molecule has 26 heavy (non-hydrogen) atoms. The van der Waals surface area contributed by atoms with Gasteiger partial charge >= 0.3 is 6.09 Å². The van der Waals surface area contributed by atoms with Crippen molar-refractivity contribution < 1.29 is 14.3 Å². The highest BCUT2D eigenvalue weighted by Crippen LogP contribution is 2.45. The van der Waals surface area contributed by atoms with Gasteiger partial charge in [0.1, 0.15) is 6.04 Å². The smallest absolute Gasteiger partial charge is 0.415 e. The SMILES string of the molecule is C=C(C(=O)C(C)(C)C)N1C(=O)O[C@H](c2ccccc2)[C@@H]1c1ccccc1. The number of amides is 1. The number of Topliss-reactive ketones (excluding diaryl/α,β-unsaturated/α-hetero) is 1. The third-order valence-electron chi connectivity index (χ3n) is 4.49. The molecule has 2 aromatic rings. The molecule has 1 amide bonds. The summed E-state index contributed by atoms with van der Waals surface area (Å²) in [6, 6.07) is 18.7. The quantitative estimate of drug-likeness (QED) is 0.726. The van der Waals surface area contributed by atoms with Gasteiger partial charge in [-0.1, -0.05) is 88.0 Å². The van der Waals surface area contributed by atoms with Gasteiger partial charge < -0.3 is 4.74 Å². The lowest BCUT2D eigenvalue weighted by Crippen LogP contribution is -2.35. The van der Waals surface area contributed by atoms with Crippen molar-refractivity contribution in [1.29, 1.82) is 0 Å². The summed E-state index contributed by atoms with van der Waals surface area (Å²) in [5.74, 6) is -0.177. The summed E-state index contributed by atoms with van der Waals surface area (Å²) in [7, 11) is 0. The molecule has 0 unspecified atom stereocenters. The Morgan fingerprint density at radius 3 is 1.96 bits per heavy atom. The molecule has 0 bridgehead atoms. The van der Waals surface area contributed by atoms with E-state index in [1.54, 1.807) is 0 Å². The molecule has 1 saturated heterocycles. The van der Waals surface area contributed by atoms with Crippen LogP contribution in [0, 0.1) is 5.41 Å². The Morgan fingerprint density at radius 1 is 0.962 bits per heavy atom. The van der Waals surface area contributed by atoms with Gasteiger partial charge in [0.05, 0.1) is 5.70 Å². The number of ether oxygens (including phenoxy) is 1. The van der Waals surface area contributed by atoms with Gasteiger partial charge in [0.25, 0.3) is 0 Å². The van der Waals surface area contributed by atoms with Crippen molar-refractivity contribution in [1.82, 2.24) is 4.90 Å². The molecule has 2 atom stereocenters. The number of benzene rings is 2. The van der Waals surface area contributed by atoms with Crippen LogP contribution in [0.2, 0.25) is 0 Å². The molecule has 3 rings (SSSR count). The lowest BCUT2D eigenvalue weighted by Gasteiger charge is -2.29. The van der Waals surface area contributed by atoms with Crippen LogP contribution in [0.5, 0.6) is 0 Å². The van der Waals surface area contributed by atoms with E-state index in [0.717, 1.165) is 11.1 Å². The van der Waals surface area contributed by atoms with Gasteiger partial charge in [-0.2, -0.15) is 0 Å². The van der Waals surface area contributed by atoms with Crippen molar-refractivity contribution in [3.05, 3.63) is 84.1 Å². The molecule has 1 aliphatic heterocycles. The van der Waals surface area contributed by atoms with Crippen LogP contribution < -0.4 is 0 Å². The average molecular weight is 349 g/mol. The first-order chi connectivity index (χ1) is 12.3. The van der Waals surface area contributed by atoms with Crippen LogP contribution in [-0.2, 0) is 9.53 Å². The maximum absolute atomic E-state index is 12.8. The molecule has 4 heteroatoms.